The molecule has 4 atom stereocenters. The molecule has 0 saturated heterocycles. The number of carbonyl (C=O) groups is 2. The maximum absolute atomic E-state index is 12.8. The SMILES string of the molecule is O=C(CNC(=O)C12C[C@@H]3C[C@@H](CC(Cl)(C3)C1)C2)NC1=NCCS1. The number of nitrogens with one attached hydrogen (secondary N) is 2. The van der Waals surface area contributed by atoms with E-state index in [0.29, 0.717) is 17.0 Å². The third kappa shape index (κ3) is 3.00. The predicted molar refractivity (Wildman–Crippen MR) is 91.6 cm³/mol. The molecule has 5 aliphatic rings. The lowest BCUT2D eigenvalue weighted by Gasteiger charge is -2.59. The van der Waals surface area contributed by atoms with E-state index in [2.05, 4.69) is 15.6 Å². The van der Waals surface area contributed by atoms with Gasteiger partial charge in [0.15, 0.2) is 5.17 Å². The molecular formula is C16H22ClN3O2S. The van der Waals surface area contributed by atoms with Crippen LogP contribution in [-0.4, -0.2) is 40.7 Å². The maximum atomic E-state index is 12.8. The van der Waals surface area contributed by atoms with Crippen molar-refractivity contribution < 1.29 is 9.59 Å². The fourth-order valence-electron chi connectivity index (χ4n) is 5.34. The Morgan fingerprint density at radius 1 is 1.26 bits per heavy atom. The maximum Gasteiger partial charge on any atom is 0.245 e. The number of nitrogens with zero attached hydrogens (tertiary/aromatic N) is 1. The summed E-state index contributed by atoms with van der Waals surface area (Å²) in [5, 5.41) is 6.27. The van der Waals surface area contributed by atoms with Gasteiger partial charge in [0, 0.05) is 10.6 Å². The quantitative estimate of drug-likeness (QED) is 0.759. The molecule has 2 unspecified atom stereocenters. The lowest BCUT2D eigenvalue weighted by molar-refractivity contribution is -0.145. The largest absolute Gasteiger partial charge is 0.347 e. The second kappa shape index (κ2) is 5.66. The first kappa shape index (κ1) is 15.8. The molecule has 0 aromatic heterocycles. The van der Waals surface area contributed by atoms with E-state index >= 15 is 0 Å². The molecule has 5 rings (SSSR count). The van der Waals surface area contributed by atoms with Gasteiger partial charge in [0.1, 0.15) is 0 Å². The number of hydrogen-bond donors (Lipinski definition) is 2. The van der Waals surface area contributed by atoms with E-state index in [4.69, 9.17) is 11.6 Å². The average molecular weight is 356 g/mol. The molecule has 7 heteroatoms. The van der Waals surface area contributed by atoms with Crippen molar-refractivity contribution in [1.29, 1.82) is 0 Å². The minimum atomic E-state index is -0.342. The average Bonchev–Trinajstić information content (AvgIpc) is 2.95. The zero-order chi connectivity index (χ0) is 16.1. The van der Waals surface area contributed by atoms with Gasteiger partial charge in [-0.3, -0.25) is 14.6 Å². The second-order valence-corrected chi connectivity index (χ2v) is 9.54. The van der Waals surface area contributed by atoms with Crippen molar-refractivity contribution in [2.24, 2.45) is 22.2 Å². The van der Waals surface area contributed by atoms with E-state index in [1.54, 1.807) is 0 Å². The van der Waals surface area contributed by atoms with Crippen LogP contribution in [0.3, 0.4) is 0 Å². The van der Waals surface area contributed by atoms with Crippen molar-refractivity contribution in [3.05, 3.63) is 0 Å². The van der Waals surface area contributed by atoms with Crippen molar-refractivity contribution >= 4 is 40.3 Å². The van der Waals surface area contributed by atoms with Gasteiger partial charge in [-0.05, 0) is 50.4 Å². The highest BCUT2D eigenvalue weighted by molar-refractivity contribution is 8.14. The number of halogens is 1. The fourth-order valence-corrected chi connectivity index (χ4v) is 6.78. The molecule has 126 valence electrons. The molecule has 0 spiro atoms. The zero-order valence-electron chi connectivity index (χ0n) is 13.1. The normalized spacial score (nSPS) is 40.8. The number of hydrogen-bond acceptors (Lipinski definition) is 4. The number of alkyl halides is 1. The first-order valence-corrected chi connectivity index (χ1v) is 9.77. The third-order valence-corrected chi connectivity index (χ3v) is 7.05. The number of rotatable bonds is 3. The van der Waals surface area contributed by atoms with E-state index in [1.807, 2.05) is 0 Å². The summed E-state index contributed by atoms with van der Waals surface area (Å²) < 4.78 is 0. The lowest BCUT2D eigenvalue weighted by Crippen LogP contribution is -2.59. The molecule has 4 bridgehead atoms. The summed E-state index contributed by atoms with van der Waals surface area (Å²) in [6.07, 6.45) is 5.98. The first-order valence-electron chi connectivity index (χ1n) is 8.41. The van der Waals surface area contributed by atoms with Crippen LogP contribution < -0.4 is 10.6 Å². The first-order chi connectivity index (χ1) is 11.0. The molecule has 4 fully saturated rings. The zero-order valence-corrected chi connectivity index (χ0v) is 14.6. The van der Waals surface area contributed by atoms with Gasteiger partial charge in [-0.2, -0.15) is 0 Å². The summed E-state index contributed by atoms with van der Waals surface area (Å²) in [6.45, 7) is 0.765. The van der Waals surface area contributed by atoms with Gasteiger partial charge in [-0.25, -0.2) is 0 Å². The van der Waals surface area contributed by atoms with Crippen molar-refractivity contribution in [2.45, 2.75) is 43.4 Å². The van der Waals surface area contributed by atoms with Gasteiger partial charge < -0.3 is 10.6 Å². The topological polar surface area (TPSA) is 70.6 Å². The third-order valence-electron chi connectivity index (χ3n) is 5.71. The van der Waals surface area contributed by atoms with Crippen LogP contribution in [0, 0.1) is 17.3 Å². The summed E-state index contributed by atoms with van der Waals surface area (Å²) in [7, 11) is 0. The van der Waals surface area contributed by atoms with Gasteiger partial charge in [-0.1, -0.05) is 11.8 Å². The summed E-state index contributed by atoms with van der Waals surface area (Å²) in [5.41, 5.74) is -0.342. The number of thioether (sulfide) groups is 1. The van der Waals surface area contributed by atoms with Crippen LogP contribution in [-0.2, 0) is 9.59 Å². The van der Waals surface area contributed by atoms with Gasteiger partial charge in [-0.15, -0.1) is 11.6 Å². The van der Waals surface area contributed by atoms with Crippen molar-refractivity contribution in [1.82, 2.24) is 10.6 Å². The minimum Gasteiger partial charge on any atom is -0.347 e. The van der Waals surface area contributed by atoms with Gasteiger partial charge in [0.25, 0.3) is 0 Å². The summed E-state index contributed by atoms with van der Waals surface area (Å²) >= 11 is 8.30. The van der Waals surface area contributed by atoms with Crippen LogP contribution in [0.2, 0.25) is 0 Å². The molecule has 23 heavy (non-hydrogen) atoms. The summed E-state index contributed by atoms with van der Waals surface area (Å²) in [4.78, 5) is 28.7. The molecule has 2 amide bonds. The van der Waals surface area contributed by atoms with Crippen LogP contribution in [0.4, 0.5) is 0 Å². The van der Waals surface area contributed by atoms with E-state index < -0.39 is 0 Å². The molecule has 2 N–H and O–H groups in total. The minimum absolute atomic E-state index is 0.0186. The molecular weight excluding hydrogens is 334 g/mol. The van der Waals surface area contributed by atoms with Crippen LogP contribution in [0.1, 0.15) is 38.5 Å². The highest BCUT2D eigenvalue weighted by Crippen LogP contribution is 2.63. The number of amidine groups is 1. The smallest absolute Gasteiger partial charge is 0.245 e. The number of aliphatic imine (C=N–C) groups is 1. The second-order valence-electron chi connectivity index (χ2n) is 7.66. The fraction of sp³-hybridized carbons (Fsp3) is 0.812. The van der Waals surface area contributed by atoms with E-state index in [0.717, 1.165) is 44.4 Å². The molecule has 1 heterocycles. The Bertz CT molecular complexity index is 566. The van der Waals surface area contributed by atoms with Crippen molar-refractivity contribution in [3.63, 3.8) is 0 Å². The van der Waals surface area contributed by atoms with Gasteiger partial charge in [0.2, 0.25) is 11.8 Å². The number of carbonyl (C=O) groups excluding carboxylic acids is 2. The molecule has 0 aromatic carbocycles. The van der Waals surface area contributed by atoms with E-state index in [-0.39, 0.29) is 28.6 Å². The Kier molecular flexibility index (Phi) is 3.88. The van der Waals surface area contributed by atoms with Crippen LogP contribution >= 0.6 is 23.4 Å². The highest BCUT2D eigenvalue weighted by Gasteiger charge is 2.60. The van der Waals surface area contributed by atoms with Crippen LogP contribution in [0.15, 0.2) is 4.99 Å². The molecule has 4 saturated carbocycles. The Hall–Kier alpha value is -0.750. The molecule has 5 nitrogen and oxygen atoms in total. The Balaban J connectivity index is 1.36. The van der Waals surface area contributed by atoms with Crippen LogP contribution in [0.25, 0.3) is 0 Å². The van der Waals surface area contributed by atoms with Gasteiger partial charge >= 0.3 is 0 Å². The van der Waals surface area contributed by atoms with Crippen molar-refractivity contribution in [3.8, 4) is 0 Å². The standard InChI is InChI=1S/C16H22ClN3O2S/c17-16-6-10-3-11(7-16)5-15(4-10,9-16)13(22)19-8-12(21)20-14-18-1-2-23-14/h10-11H,1-9H2,(H,19,22)(H,18,20,21)/t10-,11+,15?,16?. The molecule has 4 aliphatic carbocycles. The summed E-state index contributed by atoms with van der Waals surface area (Å²) in [5.74, 6) is 1.89. The monoisotopic (exact) mass is 355 g/mol. The predicted octanol–water partition coefficient (Wildman–Crippen LogP) is 1.90. The molecule has 0 radical (unpaired) electrons. The van der Waals surface area contributed by atoms with E-state index in [1.165, 1.54) is 18.2 Å². The van der Waals surface area contributed by atoms with Gasteiger partial charge in [0.05, 0.1) is 18.5 Å². The molecule has 1 aliphatic heterocycles. The Morgan fingerprint density at radius 2 is 2.00 bits per heavy atom. The van der Waals surface area contributed by atoms with Crippen molar-refractivity contribution in [2.75, 3.05) is 18.8 Å². The Labute approximate surface area is 145 Å². The lowest BCUT2D eigenvalue weighted by atomic mass is 9.49. The Morgan fingerprint density at radius 3 is 2.61 bits per heavy atom. The van der Waals surface area contributed by atoms with Crippen LogP contribution in [0.5, 0.6) is 0 Å². The highest BCUT2D eigenvalue weighted by atomic mass is 35.5. The number of amides is 2. The van der Waals surface area contributed by atoms with E-state index in [9.17, 15) is 9.59 Å². The summed E-state index contributed by atoms with van der Waals surface area (Å²) in [6, 6.07) is 0. The molecule has 0 aromatic rings.